The Morgan fingerprint density at radius 1 is 1.11 bits per heavy atom. The summed E-state index contributed by atoms with van der Waals surface area (Å²) in [5.41, 5.74) is 0. The molecule has 9 heteroatoms. The Bertz CT molecular complexity index is 621. The van der Waals surface area contributed by atoms with Crippen molar-refractivity contribution >= 4 is 23.6 Å². The number of esters is 1. The molecule has 2 atom stereocenters. The molecule has 0 bridgehead atoms. The summed E-state index contributed by atoms with van der Waals surface area (Å²) in [5, 5.41) is 2.93. The van der Waals surface area contributed by atoms with Crippen LogP contribution in [0.15, 0.2) is 6.07 Å². The largest absolute Gasteiger partial charge is 0.481 e. The summed E-state index contributed by atoms with van der Waals surface area (Å²) in [6.07, 6.45) is 3.38. The number of thioether (sulfide) groups is 1. The lowest BCUT2D eigenvalue weighted by Gasteiger charge is -2.28. The van der Waals surface area contributed by atoms with Crippen molar-refractivity contribution in [3.8, 4) is 11.8 Å². The lowest BCUT2D eigenvalue weighted by molar-refractivity contribution is -0.152. The fraction of sp³-hybridized carbons (Fsp3) is 0.667. The standard InChI is InChI=1S/C18H27N3O5S/c1-24-15-10-16(25-2)21-14(20-15)11-27-9-8-19-17(22)12-6-4-5-7-13(12)18(23)26-3/h10,12-13H,4-9,11H2,1-3H3,(H,19,22). The second kappa shape index (κ2) is 11.0. The minimum absolute atomic E-state index is 0.0648. The van der Waals surface area contributed by atoms with Gasteiger partial charge in [-0.25, -0.2) is 0 Å². The first-order valence-electron chi connectivity index (χ1n) is 8.98. The second-order valence-corrected chi connectivity index (χ2v) is 7.34. The van der Waals surface area contributed by atoms with Crippen LogP contribution in [0.1, 0.15) is 31.5 Å². The van der Waals surface area contributed by atoms with E-state index in [9.17, 15) is 9.59 Å². The van der Waals surface area contributed by atoms with Crippen LogP contribution < -0.4 is 14.8 Å². The number of carbonyl (C=O) groups is 2. The number of nitrogens with one attached hydrogen (secondary N) is 1. The number of rotatable bonds is 9. The van der Waals surface area contributed by atoms with Gasteiger partial charge in [0.05, 0.1) is 45.0 Å². The first-order valence-corrected chi connectivity index (χ1v) is 10.1. The maximum absolute atomic E-state index is 12.4. The highest BCUT2D eigenvalue weighted by Gasteiger charge is 2.36. The normalized spacial score (nSPS) is 19.2. The van der Waals surface area contributed by atoms with Crippen LogP contribution in [-0.2, 0) is 20.1 Å². The quantitative estimate of drug-likeness (QED) is 0.498. The van der Waals surface area contributed by atoms with Crippen molar-refractivity contribution in [2.75, 3.05) is 33.6 Å². The van der Waals surface area contributed by atoms with E-state index in [-0.39, 0.29) is 23.7 Å². The van der Waals surface area contributed by atoms with Crippen molar-refractivity contribution in [2.24, 2.45) is 11.8 Å². The highest BCUT2D eigenvalue weighted by molar-refractivity contribution is 7.98. The molecule has 1 aliphatic rings. The van der Waals surface area contributed by atoms with Crippen LogP contribution in [0.3, 0.4) is 0 Å². The first-order chi connectivity index (χ1) is 13.1. The molecule has 27 heavy (non-hydrogen) atoms. The molecule has 1 N–H and O–H groups in total. The van der Waals surface area contributed by atoms with E-state index < -0.39 is 0 Å². The summed E-state index contributed by atoms with van der Waals surface area (Å²) in [7, 11) is 4.46. The van der Waals surface area contributed by atoms with E-state index in [4.69, 9.17) is 14.2 Å². The lowest BCUT2D eigenvalue weighted by atomic mass is 9.78. The Morgan fingerprint density at radius 3 is 2.33 bits per heavy atom. The zero-order chi connectivity index (χ0) is 19.6. The number of ether oxygens (including phenoxy) is 3. The van der Waals surface area contributed by atoms with Gasteiger partial charge in [0, 0.05) is 12.3 Å². The van der Waals surface area contributed by atoms with Crippen molar-refractivity contribution in [3.05, 3.63) is 11.9 Å². The minimum Gasteiger partial charge on any atom is -0.481 e. The fourth-order valence-corrected chi connectivity index (χ4v) is 3.84. The van der Waals surface area contributed by atoms with Gasteiger partial charge in [0.25, 0.3) is 0 Å². The van der Waals surface area contributed by atoms with E-state index in [1.54, 1.807) is 32.0 Å². The van der Waals surface area contributed by atoms with E-state index in [2.05, 4.69) is 15.3 Å². The number of hydrogen-bond acceptors (Lipinski definition) is 8. The molecule has 0 aliphatic heterocycles. The van der Waals surface area contributed by atoms with E-state index in [0.717, 1.165) is 19.3 Å². The maximum Gasteiger partial charge on any atom is 0.309 e. The van der Waals surface area contributed by atoms with Gasteiger partial charge in [-0.1, -0.05) is 12.8 Å². The first kappa shape index (κ1) is 21.3. The molecule has 0 radical (unpaired) electrons. The van der Waals surface area contributed by atoms with Gasteiger partial charge in [0.15, 0.2) is 0 Å². The summed E-state index contributed by atoms with van der Waals surface area (Å²) < 4.78 is 15.1. The van der Waals surface area contributed by atoms with E-state index in [1.165, 1.54) is 7.11 Å². The van der Waals surface area contributed by atoms with E-state index in [0.29, 0.717) is 42.1 Å². The monoisotopic (exact) mass is 397 g/mol. The third kappa shape index (κ3) is 6.27. The van der Waals surface area contributed by atoms with E-state index in [1.807, 2.05) is 0 Å². The Balaban J connectivity index is 1.76. The highest BCUT2D eigenvalue weighted by Crippen LogP contribution is 2.31. The summed E-state index contributed by atoms with van der Waals surface area (Å²) in [5.74, 6) is 1.85. The van der Waals surface area contributed by atoms with Gasteiger partial charge in [-0.05, 0) is 12.8 Å². The summed E-state index contributed by atoms with van der Waals surface area (Å²) in [6.45, 7) is 0.523. The third-order valence-electron chi connectivity index (χ3n) is 4.53. The molecule has 1 aliphatic carbocycles. The predicted octanol–water partition coefficient (Wildman–Crippen LogP) is 1.82. The Hall–Kier alpha value is -2.03. The number of methoxy groups -OCH3 is 3. The van der Waals surface area contributed by atoms with E-state index >= 15 is 0 Å². The molecule has 1 saturated carbocycles. The van der Waals surface area contributed by atoms with Gasteiger partial charge in [-0.3, -0.25) is 9.59 Å². The molecule has 2 rings (SSSR count). The molecular weight excluding hydrogens is 370 g/mol. The van der Waals surface area contributed by atoms with Crippen LogP contribution in [0, 0.1) is 11.8 Å². The Morgan fingerprint density at radius 2 is 1.74 bits per heavy atom. The highest BCUT2D eigenvalue weighted by atomic mass is 32.2. The third-order valence-corrected chi connectivity index (χ3v) is 5.48. The Kier molecular flexibility index (Phi) is 8.63. The van der Waals surface area contributed by atoms with Crippen molar-refractivity contribution < 1.29 is 23.8 Å². The predicted molar refractivity (Wildman–Crippen MR) is 102 cm³/mol. The van der Waals surface area contributed by atoms with Gasteiger partial charge in [-0.15, -0.1) is 0 Å². The van der Waals surface area contributed by atoms with Gasteiger partial charge in [-0.2, -0.15) is 21.7 Å². The maximum atomic E-state index is 12.4. The van der Waals surface area contributed by atoms with Crippen molar-refractivity contribution in [1.29, 1.82) is 0 Å². The summed E-state index contributed by atoms with van der Waals surface area (Å²) in [6, 6.07) is 1.62. The average Bonchev–Trinajstić information content (AvgIpc) is 2.72. The molecule has 1 fully saturated rings. The molecule has 150 valence electrons. The van der Waals surface area contributed by atoms with Crippen molar-refractivity contribution in [2.45, 2.75) is 31.4 Å². The number of carbonyl (C=O) groups excluding carboxylic acids is 2. The smallest absolute Gasteiger partial charge is 0.309 e. The second-order valence-electron chi connectivity index (χ2n) is 6.23. The van der Waals surface area contributed by atoms with Gasteiger partial charge in [0.1, 0.15) is 5.82 Å². The number of nitrogens with zero attached hydrogens (tertiary/aromatic N) is 2. The molecule has 0 spiro atoms. The minimum atomic E-state index is -0.325. The SMILES string of the molecule is COC(=O)C1CCCCC1C(=O)NCCSCc1nc(OC)cc(OC)n1. The molecule has 1 amide bonds. The fourth-order valence-electron chi connectivity index (χ4n) is 3.14. The van der Waals surface area contributed by atoms with Crippen LogP contribution in [0.5, 0.6) is 11.8 Å². The van der Waals surface area contributed by atoms with Gasteiger partial charge in [0.2, 0.25) is 17.7 Å². The molecular formula is C18H27N3O5S. The average molecular weight is 397 g/mol. The Labute approximate surface area is 163 Å². The molecule has 0 saturated heterocycles. The number of amides is 1. The van der Waals surface area contributed by atoms with Gasteiger partial charge < -0.3 is 19.5 Å². The molecule has 2 unspecified atom stereocenters. The summed E-state index contributed by atoms with van der Waals surface area (Å²) in [4.78, 5) is 32.9. The van der Waals surface area contributed by atoms with Crippen LogP contribution in [0.2, 0.25) is 0 Å². The topological polar surface area (TPSA) is 99.6 Å². The van der Waals surface area contributed by atoms with Crippen LogP contribution >= 0.6 is 11.8 Å². The zero-order valence-electron chi connectivity index (χ0n) is 16.0. The van der Waals surface area contributed by atoms with Crippen LogP contribution in [0.4, 0.5) is 0 Å². The van der Waals surface area contributed by atoms with Crippen LogP contribution in [-0.4, -0.2) is 55.5 Å². The number of aromatic nitrogens is 2. The molecule has 0 aromatic carbocycles. The van der Waals surface area contributed by atoms with Crippen molar-refractivity contribution in [1.82, 2.24) is 15.3 Å². The van der Waals surface area contributed by atoms with Crippen LogP contribution in [0.25, 0.3) is 0 Å². The zero-order valence-corrected chi connectivity index (χ0v) is 16.8. The lowest BCUT2D eigenvalue weighted by Crippen LogP contribution is -2.40. The molecule has 1 heterocycles. The number of hydrogen-bond donors (Lipinski definition) is 1. The van der Waals surface area contributed by atoms with Crippen molar-refractivity contribution in [3.63, 3.8) is 0 Å². The molecule has 1 aromatic rings. The summed E-state index contributed by atoms with van der Waals surface area (Å²) >= 11 is 1.60. The molecule has 8 nitrogen and oxygen atoms in total. The van der Waals surface area contributed by atoms with Gasteiger partial charge >= 0.3 is 5.97 Å². The molecule has 1 aromatic heterocycles.